The zero-order chi connectivity index (χ0) is 19.6. The van der Waals surface area contributed by atoms with Crippen molar-refractivity contribution >= 4 is 0 Å². The summed E-state index contributed by atoms with van der Waals surface area (Å²) in [7, 11) is 0. The maximum Gasteiger partial charge on any atom is 0.119 e. The third-order valence-corrected chi connectivity index (χ3v) is 3.96. The Balaban J connectivity index is 2.03. The number of aromatic hydroxyl groups is 2. The molecule has 0 bridgehead atoms. The predicted molar refractivity (Wildman–Crippen MR) is 117 cm³/mol. The largest absolute Gasteiger partial charge is 0.508 e. The number of aryl methyl sites for hydroxylation is 1. The van der Waals surface area contributed by atoms with E-state index < -0.39 is 0 Å². The molecule has 0 aliphatic carbocycles. The number of phenolic OH excluding ortho intramolecular Hbond substituents is 2. The van der Waals surface area contributed by atoms with Gasteiger partial charge in [0, 0.05) is 6.07 Å². The third kappa shape index (κ3) is 13.4. The van der Waals surface area contributed by atoms with Crippen LogP contribution >= 0.6 is 0 Å². The van der Waals surface area contributed by atoms with Crippen LogP contribution in [0.5, 0.6) is 11.5 Å². The van der Waals surface area contributed by atoms with Gasteiger partial charge in [0.2, 0.25) is 0 Å². The van der Waals surface area contributed by atoms with E-state index >= 15 is 0 Å². The molecule has 0 unspecified atom stereocenters. The summed E-state index contributed by atoms with van der Waals surface area (Å²) in [5.41, 5.74) is 0.972. The number of phenols is 2. The van der Waals surface area contributed by atoms with Crippen molar-refractivity contribution < 1.29 is 10.2 Å². The highest BCUT2D eigenvalue weighted by Gasteiger charge is 1.98. The van der Waals surface area contributed by atoms with Gasteiger partial charge in [-0.15, -0.1) is 0 Å². The molecule has 2 heteroatoms. The second kappa shape index (κ2) is 15.7. The van der Waals surface area contributed by atoms with E-state index in [4.69, 9.17) is 0 Å². The lowest BCUT2D eigenvalue weighted by Gasteiger charge is -2.02. The van der Waals surface area contributed by atoms with Crippen molar-refractivity contribution in [1.82, 2.24) is 0 Å². The summed E-state index contributed by atoms with van der Waals surface area (Å²) in [5.74, 6) is 0.250. The highest BCUT2D eigenvalue weighted by atomic mass is 16.3. The van der Waals surface area contributed by atoms with Crippen molar-refractivity contribution in [2.24, 2.45) is 0 Å². The summed E-state index contributed by atoms with van der Waals surface area (Å²) in [6.45, 7) is 2.15. The van der Waals surface area contributed by atoms with Gasteiger partial charge in [-0.3, -0.25) is 0 Å². The van der Waals surface area contributed by atoms with E-state index in [1.54, 1.807) is 12.1 Å². The van der Waals surface area contributed by atoms with Crippen LogP contribution < -0.4 is 0 Å². The molecule has 146 valence electrons. The average Bonchev–Trinajstić information content (AvgIpc) is 2.63. The summed E-state index contributed by atoms with van der Waals surface area (Å²) in [6, 6.07) is 4.77. The monoisotopic (exact) mass is 366 g/mol. The first-order valence-electron chi connectivity index (χ1n) is 9.99. The van der Waals surface area contributed by atoms with Crippen LogP contribution in [0.25, 0.3) is 0 Å². The number of allylic oxidation sites excluding steroid dienone is 10. The molecule has 0 heterocycles. The first kappa shape index (κ1) is 22.6. The summed E-state index contributed by atoms with van der Waals surface area (Å²) in [5, 5.41) is 18.9. The van der Waals surface area contributed by atoms with Crippen molar-refractivity contribution in [3.63, 3.8) is 0 Å². The van der Waals surface area contributed by atoms with Crippen LogP contribution in [0.3, 0.4) is 0 Å². The molecule has 2 N–H and O–H groups in total. The Hall–Kier alpha value is -2.48. The fourth-order valence-corrected chi connectivity index (χ4v) is 2.59. The van der Waals surface area contributed by atoms with Gasteiger partial charge < -0.3 is 10.2 Å². The SMILES string of the molecule is CCC=CCC=CCC=CCC=CCC=CCCCc1cc(O)cc(O)c1. The Kier molecular flexibility index (Phi) is 13.2. The molecule has 0 atom stereocenters. The molecule has 0 aromatic heterocycles. The molecule has 0 aliphatic heterocycles. The lowest BCUT2D eigenvalue weighted by molar-refractivity contribution is 0.449. The van der Waals surface area contributed by atoms with Crippen LogP contribution in [-0.4, -0.2) is 10.2 Å². The van der Waals surface area contributed by atoms with Gasteiger partial charge in [0.25, 0.3) is 0 Å². The molecule has 1 rings (SSSR count). The number of rotatable bonds is 13. The van der Waals surface area contributed by atoms with Crippen molar-refractivity contribution in [3.8, 4) is 11.5 Å². The molecule has 1 aromatic rings. The van der Waals surface area contributed by atoms with E-state index in [-0.39, 0.29) is 11.5 Å². The van der Waals surface area contributed by atoms with Crippen LogP contribution in [0.1, 0.15) is 57.4 Å². The van der Waals surface area contributed by atoms with E-state index in [9.17, 15) is 10.2 Å². The number of benzene rings is 1. The molecule has 0 spiro atoms. The van der Waals surface area contributed by atoms with Crippen LogP contribution in [0.15, 0.2) is 79.0 Å². The highest BCUT2D eigenvalue weighted by Crippen LogP contribution is 2.21. The molecule has 0 fully saturated rings. The van der Waals surface area contributed by atoms with Crippen LogP contribution in [0.2, 0.25) is 0 Å². The molecule has 0 amide bonds. The average molecular weight is 367 g/mol. The molecule has 27 heavy (non-hydrogen) atoms. The first-order valence-corrected chi connectivity index (χ1v) is 9.99. The Bertz CT molecular complexity index is 628. The van der Waals surface area contributed by atoms with Crippen molar-refractivity contribution in [2.75, 3.05) is 0 Å². The molecular formula is C25H34O2. The molecule has 2 nitrogen and oxygen atoms in total. The zero-order valence-corrected chi connectivity index (χ0v) is 16.6. The smallest absolute Gasteiger partial charge is 0.119 e. The van der Waals surface area contributed by atoms with Gasteiger partial charge in [-0.25, -0.2) is 0 Å². The minimum absolute atomic E-state index is 0.125. The molecule has 0 saturated heterocycles. The summed E-state index contributed by atoms with van der Waals surface area (Å²) in [6.07, 6.45) is 30.0. The van der Waals surface area contributed by atoms with Crippen molar-refractivity contribution in [3.05, 3.63) is 84.5 Å². The zero-order valence-electron chi connectivity index (χ0n) is 16.6. The lowest BCUT2D eigenvalue weighted by atomic mass is 10.1. The van der Waals surface area contributed by atoms with Gasteiger partial charge in [-0.2, -0.15) is 0 Å². The number of hydrogen-bond donors (Lipinski definition) is 2. The maximum absolute atomic E-state index is 9.45. The minimum Gasteiger partial charge on any atom is -0.508 e. The molecule has 1 aromatic carbocycles. The summed E-state index contributed by atoms with van der Waals surface area (Å²) < 4.78 is 0. The second-order valence-electron chi connectivity index (χ2n) is 6.46. The topological polar surface area (TPSA) is 40.5 Å². The standard InChI is InChI=1S/C25H34O2/c1-2-3-4-5-6-7-8-9-10-11-12-13-14-15-16-17-18-19-23-20-24(26)22-25(27)21-23/h3-4,6-7,9-10,12-13,15-16,20-22,26-27H,2,5,8,11,14,17-19H2,1H3. The van der Waals surface area contributed by atoms with E-state index in [0.717, 1.165) is 56.9 Å². The molecule has 0 saturated carbocycles. The van der Waals surface area contributed by atoms with Gasteiger partial charge in [-0.05, 0) is 69.1 Å². The quantitative estimate of drug-likeness (QED) is 0.287. The Morgan fingerprint density at radius 2 is 1.07 bits per heavy atom. The van der Waals surface area contributed by atoms with E-state index in [0.29, 0.717) is 0 Å². The predicted octanol–water partition coefficient (Wildman–Crippen LogP) is 7.17. The summed E-state index contributed by atoms with van der Waals surface area (Å²) in [4.78, 5) is 0. The van der Waals surface area contributed by atoms with E-state index in [2.05, 4.69) is 67.7 Å². The van der Waals surface area contributed by atoms with Crippen LogP contribution in [-0.2, 0) is 6.42 Å². The van der Waals surface area contributed by atoms with Crippen molar-refractivity contribution in [1.29, 1.82) is 0 Å². The second-order valence-corrected chi connectivity index (χ2v) is 6.46. The highest BCUT2D eigenvalue weighted by molar-refractivity contribution is 5.36. The van der Waals surface area contributed by atoms with Gasteiger partial charge in [-0.1, -0.05) is 67.7 Å². The molecular weight excluding hydrogens is 332 g/mol. The minimum atomic E-state index is 0.125. The van der Waals surface area contributed by atoms with E-state index in [1.165, 1.54) is 6.07 Å². The van der Waals surface area contributed by atoms with Crippen LogP contribution in [0.4, 0.5) is 0 Å². The van der Waals surface area contributed by atoms with Gasteiger partial charge >= 0.3 is 0 Å². The maximum atomic E-state index is 9.45. The third-order valence-electron chi connectivity index (χ3n) is 3.96. The van der Waals surface area contributed by atoms with Gasteiger partial charge in [0.1, 0.15) is 11.5 Å². The Morgan fingerprint density at radius 3 is 1.56 bits per heavy atom. The summed E-state index contributed by atoms with van der Waals surface area (Å²) >= 11 is 0. The van der Waals surface area contributed by atoms with E-state index in [1.807, 2.05) is 0 Å². The van der Waals surface area contributed by atoms with Gasteiger partial charge in [0.05, 0.1) is 0 Å². The van der Waals surface area contributed by atoms with Crippen molar-refractivity contribution in [2.45, 2.75) is 58.3 Å². The lowest BCUT2D eigenvalue weighted by Crippen LogP contribution is -1.84. The van der Waals surface area contributed by atoms with Gasteiger partial charge in [0.15, 0.2) is 0 Å². The Labute approximate surface area is 165 Å². The molecule has 0 radical (unpaired) electrons. The number of unbranched alkanes of at least 4 members (excludes halogenated alkanes) is 1. The fraction of sp³-hybridized carbons (Fsp3) is 0.360. The normalized spacial score (nSPS) is 12.6. The molecule has 0 aliphatic rings. The number of hydrogen-bond acceptors (Lipinski definition) is 2. The fourth-order valence-electron chi connectivity index (χ4n) is 2.59. The van der Waals surface area contributed by atoms with Crippen LogP contribution in [0, 0.1) is 0 Å². The Morgan fingerprint density at radius 1 is 0.630 bits per heavy atom. The first-order chi connectivity index (χ1) is 13.2.